The molecule has 6 heteroatoms. The van der Waals surface area contributed by atoms with Crippen LogP contribution < -0.4 is 9.47 Å². The molecule has 0 unspecified atom stereocenters. The Labute approximate surface area is 182 Å². The zero-order valence-corrected chi connectivity index (χ0v) is 17.4. The van der Waals surface area contributed by atoms with Crippen molar-refractivity contribution in [2.75, 3.05) is 0 Å². The van der Waals surface area contributed by atoms with Gasteiger partial charge in [0.1, 0.15) is 10.6 Å². The van der Waals surface area contributed by atoms with Gasteiger partial charge in [0.05, 0.1) is 0 Å². The van der Waals surface area contributed by atoms with Crippen molar-refractivity contribution in [1.29, 1.82) is 0 Å². The quantitative estimate of drug-likeness (QED) is 0.175. The lowest BCUT2D eigenvalue weighted by Crippen LogP contribution is -2.05. The summed E-state index contributed by atoms with van der Waals surface area (Å²) < 4.78 is 12.1. The number of hydrogen-bond acceptors (Lipinski definition) is 6. The molecule has 0 spiro atoms. The molecule has 0 atom stereocenters. The first-order chi connectivity index (χ1) is 15.0. The molecule has 0 aliphatic rings. The first-order valence-corrected chi connectivity index (χ1v) is 10.3. The number of hydrogen-bond donors (Lipinski definition) is 1. The SMILES string of the molecule is C=CC(=O)Oc1ccccc1Oc1c(C(=O)c2ccccc2C)sc2cc(O)ccc12. The molecule has 154 valence electrons. The number of carbonyl (C=O) groups is 2. The minimum Gasteiger partial charge on any atom is -0.508 e. The maximum absolute atomic E-state index is 13.4. The summed E-state index contributed by atoms with van der Waals surface area (Å²) in [5, 5.41) is 10.6. The van der Waals surface area contributed by atoms with Gasteiger partial charge in [0.15, 0.2) is 17.2 Å². The standard InChI is InChI=1S/C25H18O5S/c1-3-22(27)29-19-10-6-7-11-20(19)30-24-18-13-12-16(26)14-21(18)31-25(24)23(28)17-9-5-4-8-15(17)2/h3-14,26H,1H2,2H3. The number of fused-ring (bicyclic) bond motifs is 1. The second kappa shape index (κ2) is 8.45. The fourth-order valence-corrected chi connectivity index (χ4v) is 4.26. The smallest absolute Gasteiger partial charge is 0.335 e. The van der Waals surface area contributed by atoms with Crippen LogP contribution in [0.2, 0.25) is 0 Å². The van der Waals surface area contributed by atoms with Gasteiger partial charge in [-0.15, -0.1) is 11.3 Å². The molecule has 4 rings (SSSR count). The lowest BCUT2D eigenvalue weighted by atomic mass is 10.0. The van der Waals surface area contributed by atoms with Gasteiger partial charge in [-0.25, -0.2) is 4.79 Å². The van der Waals surface area contributed by atoms with Crippen molar-refractivity contribution in [2.45, 2.75) is 6.92 Å². The largest absolute Gasteiger partial charge is 0.508 e. The van der Waals surface area contributed by atoms with Crippen LogP contribution in [0.15, 0.2) is 79.4 Å². The van der Waals surface area contributed by atoms with Crippen molar-refractivity contribution in [3.8, 4) is 23.0 Å². The van der Waals surface area contributed by atoms with Gasteiger partial charge in [0.25, 0.3) is 0 Å². The van der Waals surface area contributed by atoms with E-state index in [0.717, 1.165) is 11.6 Å². The van der Waals surface area contributed by atoms with E-state index in [-0.39, 0.29) is 23.0 Å². The second-order valence-electron chi connectivity index (χ2n) is 6.76. The molecule has 0 aliphatic carbocycles. The summed E-state index contributed by atoms with van der Waals surface area (Å²) in [6, 6.07) is 18.8. The van der Waals surface area contributed by atoms with Crippen LogP contribution in [-0.4, -0.2) is 16.9 Å². The molecule has 0 radical (unpaired) electrons. The van der Waals surface area contributed by atoms with Crippen molar-refractivity contribution < 1.29 is 24.2 Å². The van der Waals surface area contributed by atoms with E-state index in [9.17, 15) is 14.7 Å². The average Bonchev–Trinajstić information content (AvgIpc) is 3.12. The third kappa shape index (κ3) is 4.06. The molecular formula is C25H18O5S. The number of ether oxygens (including phenoxy) is 2. The minimum absolute atomic E-state index is 0.0931. The maximum Gasteiger partial charge on any atom is 0.335 e. The zero-order valence-electron chi connectivity index (χ0n) is 16.6. The van der Waals surface area contributed by atoms with E-state index in [1.807, 2.05) is 25.1 Å². The van der Waals surface area contributed by atoms with Gasteiger partial charge in [-0.2, -0.15) is 0 Å². The number of thiophene rings is 1. The fraction of sp³-hybridized carbons (Fsp3) is 0.0400. The van der Waals surface area contributed by atoms with E-state index >= 15 is 0 Å². The summed E-state index contributed by atoms with van der Waals surface area (Å²) in [5.74, 6) is 0.122. The first kappa shape index (κ1) is 20.4. The molecule has 5 nitrogen and oxygen atoms in total. The van der Waals surface area contributed by atoms with Crippen molar-refractivity contribution in [2.24, 2.45) is 0 Å². The Morgan fingerprint density at radius 1 is 1.00 bits per heavy atom. The molecule has 3 aromatic carbocycles. The number of ketones is 1. The monoisotopic (exact) mass is 430 g/mol. The van der Waals surface area contributed by atoms with Crippen molar-refractivity contribution >= 4 is 33.2 Å². The van der Waals surface area contributed by atoms with Gasteiger partial charge in [-0.05, 0) is 42.8 Å². The zero-order chi connectivity index (χ0) is 22.0. The number of esters is 1. The summed E-state index contributed by atoms with van der Waals surface area (Å²) in [4.78, 5) is 25.5. The third-order valence-corrected chi connectivity index (χ3v) is 5.79. The van der Waals surface area contributed by atoms with Crippen molar-refractivity contribution in [3.05, 3.63) is 95.4 Å². The van der Waals surface area contributed by atoms with Gasteiger partial charge in [-0.1, -0.05) is 43.0 Å². The highest BCUT2D eigenvalue weighted by molar-refractivity contribution is 7.21. The van der Waals surface area contributed by atoms with Crippen molar-refractivity contribution in [3.63, 3.8) is 0 Å². The van der Waals surface area contributed by atoms with Crippen LogP contribution in [0.25, 0.3) is 10.1 Å². The normalized spacial score (nSPS) is 10.6. The Hall–Kier alpha value is -3.90. The summed E-state index contributed by atoms with van der Waals surface area (Å²) in [7, 11) is 0. The fourth-order valence-electron chi connectivity index (χ4n) is 3.14. The Morgan fingerprint density at radius 3 is 2.45 bits per heavy atom. The van der Waals surface area contributed by atoms with Crippen LogP contribution in [0.3, 0.4) is 0 Å². The van der Waals surface area contributed by atoms with Crippen LogP contribution in [0.4, 0.5) is 0 Å². The molecule has 0 bridgehead atoms. The van der Waals surface area contributed by atoms with Gasteiger partial charge in [0.2, 0.25) is 5.78 Å². The summed E-state index contributed by atoms with van der Waals surface area (Å²) >= 11 is 1.23. The third-order valence-electron chi connectivity index (χ3n) is 4.66. The topological polar surface area (TPSA) is 72.8 Å². The molecule has 1 heterocycles. The Balaban J connectivity index is 1.85. The highest BCUT2D eigenvalue weighted by Gasteiger charge is 2.24. The van der Waals surface area contributed by atoms with Gasteiger partial charge in [0, 0.05) is 21.7 Å². The number of phenols is 1. The van der Waals surface area contributed by atoms with Crippen molar-refractivity contribution in [1.82, 2.24) is 0 Å². The van der Waals surface area contributed by atoms with E-state index in [2.05, 4.69) is 6.58 Å². The minimum atomic E-state index is -0.618. The molecule has 1 aromatic heterocycles. The molecule has 0 fully saturated rings. The summed E-state index contributed by atoms with van der Waals surface area (Å²) in [5.41, 5.74) is 1.41. The van der Waals surface area contributed by atoms with Crippen LogP contribution in [0.1, 0.15) is 20.8 Å². The van der Waals surface area contributed by atoms with E-state index in [4.69, 9.17) is 9.47 Å². The first-order valence-electron chi connectivity index (χ1n) is 9.45. The maximum atomic E-state index is 13.4. The van der Waals surface area contributed by atoms with E-state index in [1.54, 1.807) is 42.5 Å². The number of phenolic OH excluding ortho intramolecular Hbond substituents is 1. The molecule has 1 N–H and O–H groups in total. The predicted octanol–water partition coefficient (Wildman–Crippen LogP) is 6.03. The summed E-state index contributed by atoms with van der Waals surface area (Å²) in [6.07, 6.45) is 1.06. The lowest BCUT2D eigenvalue weighted by Gasteiger charge is -2.12. The molecule has 4 aromatic rings. The molecule has 0 saturated carbocycles. The molecular weight excluding hydrogens is 412 g/mol. The Bertz CT molecular complexity index is 1320. The average molecular weight is 430 g/mol. The van der Waals surface area contributed by atoms with E-state index < -0.39 is 5.97 Å². The van der Waals surface area contributed by atoms with Crippen LogP contribution in [-0.2, 0) is 4.79 Å². The number of aromatic hydroxyl groups is 1. The van der Waals surface area contributed by atoms with Crippen LogP contribution in [0.5, 0.6) is 23.0 Å². The van der Waals surface area contributed by atoms with E-state index in [0.29, 0.717) is 26.3 Å². The number of carbonyl (C=O) groups excluding carboxylic acids is 2. The Morgan fingerprint density at radius 2 is 1.71 bits per heavy atom. The van der Waals surface area contributed by atoms with Gasteiger partial charge >= 0.3 is 5.97 Å². The number of benzene rings is 3. The highest BCUT2D eigenvalue weighted by atomic mass is 32.1. The molecule has 0 amide bonds. The van der Waals surface area contributed by atoms with Crippen LogP contribution in [0, 0.1) is 6.92 Å². The van der Waals surface area contributed by atoms with Gasteiger partial charge < -0.3 is 14.6 Å². The Kier molecular flexibility index (Phi) is 5.56. The number of rotatable bonds is 6. The van der Waals surface area contributed by atoms with Gasteiger partial charge in [-0.3, -0.25) is 4.79 Å². The second-order valence-corrected chi connectivity index (χ2v) is 7.81. The summed E-state index contributed by atoms with van der Waals surface area (Å²) in [6.45, 7) is 5.28. The molecule has 0 aliphatic heterocycles. The van der Waals surface area contributed by atoms with Crippen LogP contribution >= 0.6 is 11.3 Å². The predicted molar refractivity (Wildman–Crippen MR) is 120 cm³/mol. The lowest BCUT2D eigenvalue weighted by molar-refractivity contribution is -0.129. The molecule has 0 saturated heterocycles. The van der Waals surface area contributed by atoms with E-state index in [1.165, 1.54) is 17.4 Å². The number of aryl methyl sites for hydroxylation is 1. The number of para-hydroxylation sites is 2. The highest BCUT2D eigenvalue weighted by Crippen LogP contribution is 2.44. The molecule has 31 heavy (non-hydrogen) atoms.